The Morgan fingerprint density at radius 1 is 1.47 bits per heavy atom. The molecule has 0 aromatic carbocycles. The molecule has 0 amide bonds. The summed E-state index contributed by atoms with van der Waals surface area (Å²) < 4.78 is 39.1. The number of hydrogen-bond acceptors (Lipinski definition) is 4. The van der Waals surface area contributed by atoms with Crippen LogP contribution in [0.15, 0.2) is 18.3 Å². The highest BCUT2D eigenvalue weighted by atomic mass is 32.2. The molecule has 0 spiro atoms. The molecule has 15 heavy (non-hydrogen) atoms. The van der Waals surface area contributed by atoms with E-state index in [1.807, 2.05) is 0 Å². The number of ether oxygens (including phenoxy) is 1. The maximum absolute atomic E-state index is 12.4. The average Bonchev–Trinajstić information content (AvgIpc) is 2.14. The van der Waals surface area contributed by atoms with Crippen molar-refractivity contribution in [1.82, 2.24) is 4.98 Å². The summed E-state index contributed by atoms with van der Waals surface area (Å²) in [7, 11) is -2.94. The van der Waals surface area contributed by atoms with Gasteiger partial charge in [-0.15, -0.1) is 0 Å². The van der Waals surface area contributed by atoms with E-state index < -0.39 is 15.8 Å². The maximum atomic E-state index is 12.4. The first-order chi connectivity index (χ1) is 6.97. The van der Waals surface area contributed by atoms with Gasteiger partial charge >= 0.3 is 0 Å². The number of nitrogens with zero attached hydrogens (tertiary/aromatic N) is 1. The van der Waals surface area contributed by atoms with Crippen LogP contribution in [0.3, 0.4) is 0 Å². The van der Waals surface area contributed by atoms with Gasteiger partial charge < -0.3 is 4.74 Å². The lowest BCUT2D eigenvalue weighted by atomic mass is 10.4. The quantitative estimate of drug-likeness (QED) is 0.563. The molecule has 0 aliphatic rings. The molecule has 1 aromatic rings. The second-order valence-corrected chi connectivity index (χ2v) is 5.41. The topological polar surface area (TPSA) is 56.3 Å². The first-order valence-electron chi connectivity index (χ1n) is 4.39. The molecule has 1 aromatic heterocycles. The minimum atomic E-state index is -2.94. The van der Waals surface area contributed by atoms with Crippen LogP contribution in [0.5, 0.6) is 5.75 Å². The lowest BCUT2D eigenvalue weighted by molar-refractivity contribution is 0.315. The smallest absolute Gasteiger partial charge is 0.213 e. The fourth-order valence-electron chi connectivity index (χ4n) is 0.959. The van der Waals surface area contributed by atoms with Crippen molar-refractivity contribution in [2.45, 2.75) is 6.42 Å². The molecule has 0 unspecified atom stereocenters. The van der Waals surface area contributed by atoms with Crippen molar-refractivity contribution in [1.29, 1.82) is 0 Å². The SMILES string of the molecule is CS(=O)(=O)CCCOc1ccc(F)nc1. The molecule has 0 aliphatic heterocycles. The zero-order chi connectivity index (χ0) is 11.3. The molecule has 0 aliphatic carbocycles. The number of aromatic nitrogens is 1. The lowest BCUT2D eigenvalue weighted by Gasteiger charge is -2.04. The van der Waals surface area contributed by atoms with Crippen LogP contribution in [-0.2, 0) is 9.84 Å². The molecular formula is C9H12FNO3S. The van der Waals surface area contributed by atoms with Crippen LogP contribution in [0.25, 0.3) is 0 Å². The number of halogens is 1. The normalized spacial score (nSPS) is 11.3. The van der Waals surface area contributed by atoms with Gasteiger partial charge in [0.2, 0.25) is 5.95 Å². The van der Waals surface area contributed by atoms with Crippen LogP contribution < -0.4 is 4.74 Å². The van der Waals surface area contributed by atoms with E-state index in [9.17, 15) is 12.8 Å². The number of rotatable bonds is 5. The van der Waals surface area contributed by atoms with Crippen LogP contribution in [0, 0.1) is 5.95 Å². The summed E-state index contributed by atoms with van der Waals surface area (Å²) in [5.74, 6) is -0.0508. The predicted molar refractivity (Wildman–Crippen MR) is 54.0 cm³/mol. The zero-order valence-corrected chi connectivity index (χ0v) is 9.13. The molecule has 0 radical (unpaired) electrons. The predicted octanol–water partition coefficient (Wildman–Crippen LogP) is 1.03. The van der Waals surface area contributed by atoms with Gasteiger partial charge in [0.15, 0.2) is 0 Å². The van der Waals surface area contributed by atoms with E-state index in [1.165, 1.54) is 24.6 Å². The van der Waals surface area contributed by atoms with Crippen molar-refractivity contribution in [3.05, 3.63) is 24.3 Å². The Morgan fingerprint density at radius 2 is 2.20 bits per heavy atom. The first-order valence-corrected chi connectivity index (χ1v) is 6.45. The molecule has 4 nitrogen and oxygen atoms in total. The molecule has 0 bridgehead atoms. The number of sulfone groups is 1. The van der Waals surface area contributed by atoms with Gasteiger partial charge in [0.1, 0.15) is 15.6 Å². The Morgan fingerprint density at radius 3 is 2.73 bits per heavy atom. The van der Waals surface area contributed by atoms with E-state index in [0.717, 1.165) is 0 Å². The van der Waals surface area contributed by atoms with Crippen LogP contribution in [0.4, 0.5) is 4.39 Å². The van der Waals surface area contributed by atoms with Crippen molar-refractivity contribution >= 4 is 9.84 Å². The third-order valence-corrected chi connectivity index (χ3v) is 2.66. The molecule has 1 heterocycles. The summed E-state index contributed by atoms with van der Waals surface area (Å²) in [6.45, 7) is 0.278. The molecule has 1 rings (SSSR count). The summed E-state index contributed by atoms with van der Waals surface area (Å²) in [4.78, 5) is 3.40. The summed E-state index contributed by atoms with van der Waals surface area (Å²) >= 11 is 0. The highest BCUT2D eigenvalue weighted by Gasteiger charge is 2.02. The van der Waals surface area contributed by atoms with E-state index in [1.54, 1.807) is 0 Å². The Kier molecular flexibility index (Phi) is 4.02. The van der Waals surface area contributed by atoms with Gasteiger partial charge in [0.25, 0.3) is 0 Å². The minimum absolute atomic E-state index is 0.0849. The molecule has 0 saturated heterocycles. The van der Waals surface area contributed by atoms with Crippen molar-refractivity contribution in [2.75, 3.05) is 18.6 Å². The Labute approximate surface area is 88.0 Å². The minimum Gasteiger partial charge on any atom is -0.492 e. The van der Waals surface area contributed by atoms with Gasteiger partial charge in [-0.2, -0.15) is 4.39 Å². The third kappa shape index (κ3) is 5.31. The molecule has 0 saturated carbocycles. The van der Waals surface area contributed by atoms with E-state index >= 15 is 0 Å². The standard InChI is InChI=1S/C9H12FNO3S/c1-15(12,13)6-2-5-14-8-3-4-9(10)11-7-8/h3-4,7H,2,5-6H2,1H3. The molecule has 0 N–H and O–H groups in total. The monoisotopic (exact) mass is 233 g/mol. The van der Waals surface area contributed by atoms with Gasteiger partial charge in [-0.05, 0) is 18.6 Å². The van der Waals surface area contributed by atoms with Gasteiger partial charge in [-0.3, -0.25) is 0 Å². The molecule has 6 heteroatoms. The number of hydrogen-bond donors (Lipinski definition) is 0. The summed E-state index contributed by atoms with van der Waals surface area (Å²) in [6, 6.07) is 2.63. The molecule has 84 valence electrons. The van der Waals surface area contributed by atoms with E-state index in [4.69, 9.17) is 4.74 Å². The fourth-order valence-corrected chi connectivity index (χ4v) is 1.60. The Balaban J connectivity index is 2.29. The van der Waals surface area contributed by atoms with Gasteiger partial charge in [-0.1, -0.05) is 0 Å². The maximum Gasteiger partial charge on any atom is 0.213 e. The zero-order valence-electron chi connectivity index (χ0n) is 8.31. The van der Waals surface area contributed by atoms with Crippen LogP contribution in [0.2, 0.25) is 0 Å². The van der Waals surface area contributed by atoms with Crippen LogP contribution in [-0.4, -0.2) is 32.0 Å². The third-order valence-electron chi connectivity index (χ3n) is 1.63. The lowest BCUT2D eigenvalue weighted by Crippen LogP contribution is -2.08. The first kappa shape index (κ1) is 11.9. The van der Waals surface area contributed by atoms with Crippen molar-refractivity contribution in [2.24, 2.45) is 0 Å². The second-order valence-electron chi connectivity index (χ2n) is 3.15. The highest BCUT2D eigenvalue weighted by molar-refractivity contribution is 7.90. The average molecular weight is 233 g/mol. The Hall–Kier alpha value is -1.17. The second kappa shape index (κ2) is 5.06. The highest BCUT2D eigenvalue weighted by Crippen LogP contribution is 2.08. The van der Waals surface area contributed by atoms with Gasteiger partial charge in [-0.25, -0.2) is 13.4 Å². The number of pyridine rings is 1. The summed E-state index contributed by atoms with van der Waals surface area (Å²) in [6.07, 6.45) is 2.85. The molecule has 0 fully saturated rings. The van der Waals surface area contributed by atoms with E-state index in [0.29, 0.717) is 12.2 Å². The van der Waals surface area contributed by atoms with Crippen molar-refractivity contribution in [3.8, 4) is 5.75 Å². The molecule has 0 atom stereocenters. The van der Waals surface area contributed by atoms with Crippen molar-refractivity contribution in [3.63, 3.8) is 0 Å². The fraction of sp³-hybridized carbons (Fsp3) is 0.444. The summed E-state index contributed by atoms with van der Waals surface area (Å²) in [5, 5.41) is 0. The van der Waals surface area contributed by atoms with Crippen LogP contribution >= 0.6 is 0 Å². The largest absolute Gasteiger partial charge is 0.492 e. The van der Waals surface area contributed by atoms with Gasteiger partial charge in [0, 0.05) is 6.26 Å². The van der Waals surface area contributed by atoms with E-state index in [2.05, 4.69) is 4.98 Å². The van der Waals surface area contributed by atoms with Crippen LogP contribution in [0.1, 0.15) is 6.42 Å². The van der Waals surface area contributed by atoms with E-state index in [-0.39, 0.29) is 12.4 Å². The molecular weight excluding hydrogens is 221 g/mol. The Bertz CT molecular complexity index is 402. The van der Waals surface area contributed by atoms with Crippen molar-refractivity contribution < 1.29 is 17.5 Å². The van der Waals surface area contributed by atoms with Gasteiger partial charge in [0.05, 0.1) is 18.6 Å². The summed E-state index contributed by atoms with van der Waals surface area (Å²) in [5.41, 5.74) is 0.